The average molecular weight is 457 g/mol. The molecule has 1 amide bonds. The Labute approximate surface area is 184 Å². The molecule has 1 unspecified atom stereocenters. The summed E-state index contributed by atoms with van der Waals surface area (Å²) in [4.78, 5) is 12.1. The fourth-order valence-electron chi connectivity index (χ4n) is 3.09. The summed E-state index contributed by atoms with van der Waals surface area (Å²) < 4.78 is 33.5. The third kappa shape index (κ3) is 4.65. The van der Waals surface area contributed by atoms with Gasteiger partial charge in [0.05, 0.1) is 0 Å². The number of hydrazone groups is 1. The summed E-state index contributed by atoms with van der Waals surface area (Å²) in [7, 11) is 1.42. The van der Waals surface area contributed by atoms with Gasteiger partial charge in [0.2, 0.25) is 0 Å². The Morgan fingerprint density at radius 2 is 2.00 bits per heavy atom. The van der Waals surface area contributed by atoms with Crippen LogP contribution in [0, 0.1) is 11.6 Å². The van der Waals surface area contributed by atoms with E-state index in [0.717, 1.165) is 23.8 Å². The van der Waals surface area contributed by atoms with Crippen molar-refractivity contribution >= 4 is 35.1 Å². The number of carbonyl (C=O) groups excluding carboxylic acids is 1. The van der Waals surface area contributed by atoms with Crippen molar-refractivity contribution < 1.29 is 18.3 Å². The van der Waals surface area contributed by atoms with Crippen LogP contribution >= 0.6 is 24.2 Å². The molecule has 2 atom stereocenters. The molecule has 0 fully saturated rings. The number of halogens is 3. The number of rotatable bonds is 7. The van der Waals surface area contributed by atoms with Crippen LogP contribution in [0.5, 0.6) is 0 Å². The zero-order chi connectivity index (χ0) is 21.0. The van der Waals surface area contributed by atoms with Crippen LogP contribution in [0.3, 0.4) is 0 Å². The van der Waals surface area contributed by atoms with Crippen LogP contribution in [0.1, 0.15) is 24.5 Å². The molecule has 6 nitrogen and oxygen atoms in total. The zero-order valence-electron chi connectivity index (χ0n) is 16.5. The lowest BCUT2D eigenvalue weighted by Gasteiger charge is -2.36. The van der Waals surface area contributed by atoms with E-state index >= 15 is 0 Å². The number of nitrogens with one attached hydrogen (secondary N) is 1. The first-order chi connectivity index (χ1) is 13.9. The van der Waals surface area contributed by atoms with Gasteiger partial charge in [-0.1, -0.05) is 42.1 Å². The van der Waals surface area contributed by atoms with Crippen LogP contribution in [-0.2, 0) is 14.4 Å². The van der Waals surface area contributed by atoms with Crippen molar-refractivity contribution in [3.63, 3.8) is 0 Å². The molecule has 30 heavy (non-hydrogen) atoms. The van der Waals surface area contributed by atoms with Crippen LogP contribution in [0.15, 0.2) is 53.6 Å². The molecule has 0 aliphatic carbocycles. The average Bonchev–Trinajstić information content (AvgIpc) is 3.14. The van der Waals surface area contributed by atoms with Crippen molar-refractivity contribution in [3.8, 4) is 0 Å². The Kier molecular flexibility index (Phi) is 8.34. The number of carbonyl (C=O) groups is 1. The highest BCUT2D eigenvalue weighted by molar-refractivity contribution is 8.15. The molecular weight excluding hydrogens is 434 g/mol. The standard InChI is InChI=1S/C20H22F2N4O2S.ClH/c1-13(28-2)19(27)26-20(10-11-24-23,14-6-4-3-5-7-14)29-18(25-26)16-12-15(21)8-9-17(16)22;/h3-9,12-13,24H,10-11,23H2,1-2H3;1H/t13-,20?;/m0./s1. The minimum absolute atomic E-state index is 0. The van der Waals surface area contributed by atoms with Crippen molar-refractivity contribution in [2.45, 2.75) is 24.3 Å². The van der Waals surface area contributed by atoms with E-state index in [1.165, 1.54) is 23.9 Å². The summed E-state index contributed by atoms with van der Waals surface area (Å²) in [6.45, 7) is 1.97. The van der Waals surface area contributed by atoms with Crippen LogP contribution in [0.25, 0.3) is 0 Å². The van der Waals surface area contributed by atoms with Crippen LogP contribution in [0.4, 0.5) is 8.78 Å². The summed E-state index contributed by atoms with van der Waals surface area (Å²) in [6, 6.07) is 12.4. The second kappa shape index (κ2) is 10.3. The van der Waals surface area contributed by atoms with Gasteiger partial charge < -0.3 is 4.74 Å². The third-order valence-corrected chi connectivity index (χ3v) is 6.15. The number of thioether (sulfide) groups is 1. The molecule has 3 rings (SSSR count). The molecule has 0 spiro atoms. The molecule has 1 aliphatic rings. The molecule has 0 saturated carbocycles. The third-order valence-electron chi connectivity index (χ3n) is 4.70. The summed E-state index contributed by atoms with van der Waals surface area (Å²) >= 11 is 1.19. The lowest BCUT2D eigenvalue weighted by molar-refractivity contribution is -0.144. The summed E-state index contributed by atoms with van der Waals surface area (Å²) in [5.74, 6) is 3.90. The predicted molar refractivity (Wildman–Crippen MR) is 116 cm³/mol. The van der Waals surface area contributed by atoms with Crippen molar-refractivity contribution in [1.82, 2.24) is 10.4 Å². The maximum Gasteiger partial charge on any atom is 0.273 e. The summed E-state index contributed by atoms with van der Waals surface area (Å²) in [6.07, 6.45) is -0.394. The first-order valence-corrected chi connectivity index (χ1v) is 9.83. The highest BCUT2D eigenvalue weighted by Gasteiger charge is 2.49. The second-order valence-electron chi connectivity index (χ2n) is 6.51. The minimum Gasteiger partial charge on any atom is -0.372 e. The van der Waals surface area contributed by atoms with Gasteiger partial charge in [-0.15, -0.1) is 12.4 Å². The molecule has 10 heteroatoms. The molecule has 2 aromatic carbocycles. The first-order valence-electron chi connectivity index (χ1n) is 9.02. The van der Waals surface area contributed by atoms with Crippen LogP contribution < -0.4 is 11.3 Å². The fraction of sp³-hybridized carbons (Fsp3) is 0.300. The SMILES string of the molecule is CO[C@@H](C)C(=O)N1N=C(c2cc(F)ccc2F)SC1(CCNN)c1ccccc1.Cl. The topological polar surface area (TPSA) is 80.0 Å². The van der Waals surface area contributed by atoms with Gasteiger partial charge in [-0.25, -0.2) is 13.8 Å². The number of nitrogens with two attached hydrogens (primary N) is 1. The van der Waals surface area contributed by atoms with Crippen molar-refractivity contribution in [1.29, 1.82) is 0 Å². The molecular formula is C20H23ClF2N4O2S. The van der Waals surface area contributed by atoms with Gasteiger partial charge in [-0.3, -0.25) is 16.1 Å². The number of benzene rings is 2. The van der Waals surface area contributed by atoms with Gasteiger partial charge in [-0.05, 0) is 30.7 Å². The number of amides is 1. The highest BCUT2D eigenvalue weighted by Crippen LogP contribution is 2.50. The number of hydrogen-bond acceptors (Lipinski definition) is 6. The molecule has 0 radical (unpaired) electrons. The van der Waals surface area contributed by atoms with E-state index in [4.69, 9.17) is 10.6 Å². The fourth-order valence-corrected chi connectivity index (χ4v) is 4.47. The number of nitrogens with zero attached hydrogens (tertiary/aromatic N) is 2. The lowest BCUT2D eigenvalue weighted by Crippen LogP contribution is -2.47. The number of hydrogen-bond donors (Lipinski definition) is 2. The Bertz CT molecular complexity index is 919. The Morgan fingerprint density at radius 3 is 2.63 bits per heavy atom. The molecule has 1 aliphatic heterocycles. The smallest absolute Gasteiger partial charge is 0.273 e. The van der Waals surface area contributed by atoms with E-state index < -0.39 is 28.5 Å². The quantitative estimate of drug-likeness (QED) is 0.493. The zero-order valence-corrected chi connectivity index (χ0v) is 18.1. The second-order valence-corrected chi connectivity index (χ2v) is 7.78. The number of ether oxygens (including phenoxy) is 1. The van der Waals surface area contributed by atoms with Crippen molar-refractivity contribution in [2.24, 2.45) is 10.9 Å². The molecule has 0 saturated heterocycles. The summed E-state index contributed by atoms with van der Waals surface area (Å²) in [5, 5.41) is 5.93. The maximum atomic E-state index is 14.5. The van der Waals surface area contributed by atoms with Crippen LogP contribution in [-0.4, -0.2) is 35.7 Å². The predicted octanol–water partition coefficient (Wildman–Crippen LogP) is 3.36. The minimum atomic E-state index is -0.994. The van der Waals surface area contributed by atoms with E-state index in [1.54, 1.807) is 6.92 Å². The molecule has 0 bridgehead atoms. The lowest BCUT2D eigenvalue weighted by atomic mass is 10.0. The number of hydrazine groups is 1. The van der Waals surface area contributed by atoms with Gasteiger partial charge in [-0.2, -0.15) is 5.10 Å². The van der Waals surface area contributed by atoms with Crippen LogP contribution in [0.2, 0.25) is 0 Å². The first kappa shape index (κ1) is 24.2. The Morgan fingerprint density at radius 1 is 1.30 bits per heavy atom. The molecule has 162 valence electrons. The van der Waals surface area contributed by atoms with Crippen molar-refractivity contribution in [3.05, 3.63) is 71.3 Å². The monoisotopic (exact) mass is 456 g/mol. The van der Waals surface area contributed by atoms with E-state index in [9.17, 15) is 13.6 Å². The Balaban J connectivity index is 0.00000320. The van der Waals surface area contributed by atoms with E-state index in [1.807, 2.05) is 30.3 Å². The van der Waals surface area contributed by atoms with Gasteiger partial charge in [0.15, 0.2) is 0 Å². The molecule has 2 aromatic rings. The molecule has 3 N–H and O–H groups in total. The normalized spacial score (nSPS) is 19.2. The number of methoxy groups -OCH3 is 1. The largest absolute Gasteiger partial charge is 0.372 e. The summed E-state index contributed by atoms with van der Waals surface area (Å²) in [5.41, 5.74) is 3.38. The van der Waals surface area contributed by atoms with Gasteiger partial charge >= 0.3 is 0 Å². The maximum absolute atomic E-state index is 14.5. The van der Waals surface area contributed by atoms with E-state index in [2.05, 4.69) is 10.5 Å². The van der Waals surface area contributed by atoms with Gasteiger partial charge in [0.25, 0.3) is 5.91 Å². The van der Waals surface area contributed by atoms with Gasteiger partial charge in [0.1, 0.15) is 27.7 Å². The van der Waals surface area contributed by atoms with Crippen molar-refractivity contribution in [2.75, 3.05) is 13.7 Å². The Hall–Kier alpha value is -2.04. The molecule has 1 heterocycles. The highest BCUT2D eigenvalue weighted by atomic mass is 35.5. The molecule has 0 aromatic heterocycles. The van der Waals surface area contributed by atoms with Gasteiger partial charge in [0, 0.05) is 25.6 Å². The van der Waals surface area contributed by atoms with E-state index in [-0.39, 0.29) is 23.0 Å². The van der Waals surface area contributed by atoms with E-state index in [0.29, 0.717) is 13.0 Å².